The molecule has 4 nitrogen and oxygen atoms in total. The van der Waals surface area contributed by atoms with Crippen molar-refractivity contribution in [2.24, 2.45) is 7.05 Å². The lowest BCUT2D eigenvalue weighted by atomic mass is 10.1. The molecular formula is C14H16N2O2. The van der Waals surface area contributed by atoms with Crippen LogP contribution in [-0.4, -0.2) is 20.6 Å². The molecule has 0 saturated carbocycles. The van der Waals surface area contributed by atoms with Crippen molar-refractivity contribution in [3.05, 3.63) is 53.1 Å². The summed E-state index contributed by atoms with van der Waals surface area (Å²) in [7, 11) is 1.86. The van der Waals surface area contributed by atoms with Gasteiger partial charge < -0.3 is 9.67 Å². The summed E-state index contributed by atoms with van der Waals surface area (Å²) in [6, 6.07) is 10.1. The van der Waals surface area contributed by atoms with Crippen LogP contribution in [0.4, 0.5) is 0 Å². The first kappa shape index (κ1) is 12.4. The van der Waals surface area contributed by atoms with Crippen molar-refractivity contribution in [1.82, 2.24) is 9.55 Å². The predicted molar refractivity (Wildman–Crippen MR) is 68.8 cm³/mol. The van der Waals surface area contributed by atoms with Gasteiger partial charge in [-0.25, -0.2) is 9.78 Å². The van der Waals surface area contributed by atoms with Crippen molar-refractivity contribution in [3.63, 3.8) is 0 Å². The average molecular weight is 244 g/mol. The summed E-state index contributed by atoms with van der Waals surface area (Å²) in [6.07, 6.45) is 1.61. The maximum Gasteiger partial charge on any atom is 0.356 e. The highest BCUT2D eigenvalue weighted by molar-refractivity contribution is 5.86. The second-order valence-electron chi connectivity index (χ2n) is 4.31. The minimum Gasteiger partial charge on any atom is -0.476 e. The number of carbonyl (C=O) groups is 1. The molecule has 94 valence electrons. The summed E-state index contributed by atoms with van der Waals surface area (Å²) in [5, 5.41) is 9.01. The summed E-state index contributed by atoms with van der Waals surface area (Å²) < 4.78 is 1.85. The lowest BCUT2D eigenvalue weighted by Crippen LogP contribution is -2.01. The van der Waals surface area contributed by atoms with Gasteiger partial charge in [0, 0.05) is 19.2 Å². The van der Waals surface area contributed by atoms with Gasteiger partial charge in [-0.15, -0.1) is 0 Å². The molecule has 0 saturated heterocycles. The fourth-order valence-corrected chi connectivity index (χ4v) is 1.96. The number of aromatic nitrogens is 2. The van der Waals surface area contributed by atoms with Crippen LogP contribution >= 0.6 is 0 Å². The van der Waals surface area contributed by atoms with E-state index < -0.39 is 5.97 Å². The van der Waals surface area contributed by atoms with E-state index in [1.807, 2.05) is 29.8 Å². The third-order valence-corrected chi connectivity index (χ3v) is 3.16. The van der Waals surface area contributed by atoms with Crippen LogP contribution in [0.3, 0.4) is 0 Å². The van der Waals surface area contributed by atoms with Crippen LogP contribution in [0, 0.1) is 6.92 Å². The molecule has 0 aliphatic rings. The number of carboxylic acid groups (broad SMARTS) is 1. The molecule has 1 aromatic heterocycles. The zero-order valence-electron chi connectivity index (χ0n) is 10.6. The van der Waals surface area contributed by atoms with E-state index in [0.29, 0.717) is 5.69 Å². The van der Waals surface area contributed by atoms with Crippen LogP contribution in [0.15, 0.2) is 30.3 Å². The zero-order chi connectivity index (χ0) is 13.1. The highest BCUT2D eigenvalue weighted by Gasteiger charge is 2.16. The van der Waals surface area contributed by atoms with Crippen LogP contribution in [0.2, 0.25) is 0 Å². The molecule has 1 aromatic carbocycles. The second-order valence-corrected chi connectivity index (χ2v) is 4.31. The minimum atomic E-state index is -0.964. The Morgan fingerprint density at radius 3 is 2.50 bits per heavy atom. The van der Waals surface area contributed by atoms with Crippen LogP contribution in [0.5, 0.6) is 0 Å². The normalized spacial score (nSPS) is 10.6. The van der Waals surface area contributed by atoms with Gasteiger partial charge in [-0.1, -0.05) is 30.3 Å². The summed E-state index contributed by atoms with van der Waals surface area (Å²) in [6.45, 7) is 1.78. The van der Waals surface area contributed by atoms with E-state index in [1.165, 1.54) is 5.56 Å². The van der Waals surface area contributed by atoms with Crippen molar-refractivity contribution in [3.8, 4) is 0 Å². The SMILES string of the molecule is Cc1c(C(=O)O)nc(CCc2ccccc2)n1C. The fourth-order valence-electron chi connectivity index (χ4n) is 1.96. The molecule has 2 aromatic rings. The van der Waals surface area contributed by atoms with E-state index in [-0.39, 0.29) is 5.69 Å². The van der Waals surface area contributed by atoms with Crippen molar-refractivity contribution in [2.45, 2.75) is 19.8 Å². The number of benzene rings is 1. The van der Waals surface area contributed by atoms with Gasteiger partial charge in [-0.2, -0.15) is 0 Å². The molecule has 0 atom stereocenters. The number of nitrogens with zero attached hydrogens (tertiary/aromatic N) is 2. The van der Waals surface area contributed by atoms with E-state index in [2.05, 4.69) is 17.1 Å². The molecular weight excluding hydrogens is 228 g/mol. The lowest BCUT2D eigenvalue weighted by molar-refractivity contribution is 0.0690. The quantitative estimate of drug-likeness (QED) is 0.897. The number of aromatic carboxylic acids is 1. The summed E-state index contributed by atoms with van der Waals surface area (Å²) >= 11 is 0. The fraction of sp³-hybridized carbons (Fsp3) is 0.286. The van der Waals surface area contributed by atoms with Gasteiger partial charge in [0.1, 0.15) is 5.82 Å². The molecule has 0 unspecified atom stereocenters. The van der Waals surface area contributed by atoms with Crippen molar-refractivity contribution in [2.75, 3.05) is 0 Å². The first-order valence-electron chi connectivity index (χ1n) is 5.89. The number of rotatable bonds is 4. The van der Waals surface area contributed by atoms with Crippen molar-refractivity contribution >= 4 is 5.97 Å². The molecule has 1 N–H and O–H groups in total. The van der Waals surface area contributed by atoms with E-state index >= 15 is 0 Å². The molecule has 18 heavy (non-hydrogen) atoms. The Hall–Kier alpha value is -2.10. The van der Waals surface area contributed by atoms with Crippen molar-refractivity contribution < 1.29 is 9.90 Å². The maximum absolute atomic E-state index is 11.0. The standard InChI is InChI=1S/C14H16N2O2/c1-10-13(14(17)18)15-12(16(10)2)9-8-11-6-4-3-5-7-11/h3-7H,8-9H2,1-2H3,(H,17,18). The van der Waals surface area contributed by atoms with Crippen LogP contribution in [-0.2, 0) is 19.9 Å². The maximum atomic E-state index is 11.0. The third kappa shape index (κ3) is 2.42. The van der Waals surface area contributed by atoms with Gasteiger partial charge in [0.05, 0.1) is 0 Å². The van der Waals surface area contributed by atoms with Crippen LogP contribution in [0.1, 0.15) is 27.6 Å². The van der Waals surface area contributed by atoms with Gasteiger partial charge in [-0.3, -0.25) is 0 Å². The highest BCUT2D eigenvalue weighted by atomic mass is 16.4. The molecule has 2 rings (SSSR count). The number of imidazole rings is 1. The van der Waals surface area contributed by atoms with E-state index in [4.69, 9.17) is 5.11 Å². The molecule has 4 heteroatoms. The molecule has 0 aliphatic heterocycles. The topological polar surface area (TPSA) is 55.1 Å². The summed E-state index contributed by atoms with van der Waals surface area (Å²) in [5.41, 5.74) is 2.08. The first-order valence-corrected chi connectivity index (χ1v) is 5.89. The van der Waals surface area contributed by atoms with E-state index in [1.54, 1.807) is 6.92 Å². The van der Waals surface area contributed by atoms with Gasteiger partial charge in [-0.05, 0) is 18.9 Å². The lowest BCUT2D eigenvalue weighted by Gasteiger charge is -2.03. The summed E-state index contributed by atoms with van der Waals surface area (Å²) in [5.74, 6) is -0.150. The number of carboxylic acids is 1. The Labute approximate surface area is 106 Å². The second kappa shape index (κ2) is 5.04. The van der Waals surface area contributed by atoms with E-state index in [0.717, 1.165) is 18.7 Å². The molecule has 0 radical (unpaired) electrons. The van der Waals surface area contributed by atoms with E-state index in [9.17, 15) is 4.79 Å². The number of hydrogen-bond acceptors (Lipinski definition) is 2. The summed E-state index contributed by atoms with van der Waals surface area (Å²) in [4.78, 5) is 15.2. The molecule has 0 fully saturated rings. The van der Waals surface area contributed by atoms with Gasteiger partial charge in [0.2, 0.25) is 0 Å². The number of hydrogen-bond donors (Lipinski definition) is 1. The Morgan fingerprint density at radius 2 is 1.94 bits per heavy atom. The highest BCUT2D eigenvalue weighted by Crippen LogP contribution is 2.12. The Morgan fingerprint density at radius 1 is 1.28 bits per heavy atom. The van der Waals surface area contributed by atoms with Crippen LogP contribution in [0.25, 0.3) is 0 Å². The monoisotopic (exact) mass is 244 g/mol. The molecule has 0 amide bonds. The predicted octanol–water partition coefficient (Wildman–Crippen LogP) is 2.21. The van der Waals surface area contributed by atoms with Crippen molar-refractivity contribution in [1.29, 1.82) is 0 Å². The Balaban J connectivity index is 2.15. The Kier molecular flexibility index (Phi) is 3.46. The number of aryl methyl sites for hydroxylation is 2. The third-order valence-electron chi connectivity index (χ3n) is 3.16. The molecule has 0 bridgehead atoms. The average Bonchev–Trinajstić information content (AvgIpc) is 2.65. The van der Waals surface area contributed by atoms with Crippen LogP contribution < -0.4 is 0 Å². The van der Waals surface area contributed by atoms with Gasteiger partial charge >= 0.3 is 5.97 Å². The minimum absolute atomic E-state index is 0.153. The van der Waals surface area contributed by atoms with Gasteiger partial charge in [0.25, 0.3) is 0 Å². The largest absolute Gasteiger partial charge is 0.476 e. The zero-order valence-corrected chi connectivity index (χ0v) is 10.6. The molecule has 0 spiro atoms. The first-order chi connectivity index (χ1) is 8.59. The van der Waals surface area contributed by atoms with Gasteiger partial charge in [0.15, 0.2) is 5.69 Å². The Bertz CT molecular complexity index is 559. The molecule has 1 heterocycles. The smallest absolute Gasteiger partial charge is 0.356 e. The molecule has 0 aliphatic carbocycles.